The van der Waals surface area contributed by atoms with Gasteiger partial charge in [0, 0.05) is 12.0 Å². The number of hydrogen-bond donors (Lipinski definition) is 1. The molecule has 5 nitrogen and oxygen atoms in total. The van der Waals surface area contributed by atoms with Crippen LogP contribution in [0.4, 0.5) is 4.39 Å². The summed E-state index contributed by atoms with van der Waals surface area (Å²) in [5.41, 5.74) is 2.53. The fourth-order valence-corrected chi connectivity index (χ4v) is 2.97. The van der Waals surface area contributed by atoms with Gasteiger partial charge < -0.3 is 14.6 Å². The Hall–Kier alpha value is -3.41. The fourth-order valence-electron chi connectivity index (χ4n) is 2.97. The molecule has 0 atom stereocenters. The Morgan fingerprint density at radius 3 is 2.45 bits per heavy atom. The quantitative estimate of drug-likeness (QED) is 0.612. The average molecular weight is 395 g/mol. The van der Waals surface area contributed by atoms with Crippen LogP contribution in [0.3, 0.4) is 0 Å². The van der Waals surface area contributed by atoms with Gasteiger partial charge in [0.2, 0.25) is 0 Å². The van der Waals surface area contributed by atoms with Crippen molar-refractivity contribution in [2.24, 2.45) is 0 Å². The maximum atomic E-state index is 13.2. The molecule has 6 heteroatoms. The van der Waals surface area contributed by atoms with Gasteiger partial charge in [0.1, 0.15) is 17.3 Å². The molecular formula is C23H22FNO4. The van der Waals surface area contributed by atoms with E-state index < -0.39 is 5.97 Å². The average Bonchev–Trinajstić information content (AvgIpc) is 2.69. The lowest BCUT2D eigenvalue weighted by Gasteiger charge is -2.16. The number of aromatic nitrogens is 1. The zero-order valence-corrected chi connectivity index (χ0v) is 16.5. The van der Waals surface area contributed by atoms with Crippen molar-refractivity contribution in [1.29, 1.82) is 0 Å². The number of nitrogens with zero attached hydrogens (tertiary/aromatic N) is 1. The van der Waals surface area contributed by atoms with Crippen LogP contribution in [-0.2, 0) is 6.42 Å². The molecule has 0 aliphatic rings. The number of pyridine rings is 1. The maximum absolute atomic E-state index is 13.2. The van der Waals surface area contributed by atoms with E-state index in [0.29, 0.717) is 28.5 Å². The lowest BCUT2D eigenvalue weighted by Crippen LogP contribution is -2.09. The van der Waals surface area contributed by atoms with Crippen LogP contribution in [0.15, 0.2) is 54.6 Å². The van der Waals surface area contributed by atoms with Crippen LogP contribution in [0.1, 0.15) is 35.5 Å². The van der Waals surface area contributed by atoms with Crippen molar-refractivity contribution in [3.63, 3.8) is 0 Å². The number of carboxylic acid groups (broad SMARTS) is 1. The fraction of sp³-hybridized carbons (Fsp3) is 0.217. The third kappa shape index (κ3) is 4.90. The molecule has 1 N–H and O–H groups in total. The second kappa shape index (κ2) is 8.73. The molecular weight excluding hydrogens is 373 g/mol. The number of aromatic carboxylic acids is 1. The Morgan fingerprint density at radius 2 is 1.83 bits per heavy atom. The number of methoxy groups -OCH3 is 1. The third-order valence-corrected chi connectivity index (χ3v) is 4.31. The second-order valence-electron chi connectivity index (χ2n) is 6.83. The van der Waals surface area contributed by atoms with Gasteiger partial charge in [-0.05, 0) is 61.9 Å². The number of carboxylic acids is 1. The van der Waals surface area contributed by atoms with E-state index in [4.69, 9.17) is 9.47 Å². The monoisotopic (exact) mass is 395 g/mol. The first-order valence-electron chi connectivity index (χ1n) is 9.20. The van der Waals surface area contributed by atoms with Crippen LogP contribution in [0.25, 0.3) is 11.3 Å². The van der Waals surface area contributed by atoms with E-state index >= 15 is 0 Å². The van der Waals surface area contributed by atoms with Crippen LogP contribution in [0.5, 0.6) is 11.5 Å². The van der Waals surface area contributed by atoms with Crippen LogP contribution >= 0.6 is 0 Å². The highest BCUT2D eigenvalue weighted by Gasteiger charge is 2.17. The molecule has 0 unspecified atom stereocenters. The molecule has 2 aromatic carbocycles. The van der Waals surface area contributed by atoms with Gasteiger partial charge in [0.15, 0.2) is 0 Å². The second-order valence-corrected chi connectivity index (χ2v) is 6.83. The summed E-state index contributed by atoms with van der Waals surface area (Å²) in [6.45, 7) is 3.85. The minimum Gasteiger partial charge on any atom is -0.497 e. The van der Waals surface area contributed by atoms with Crippen molar-refractivity contribution in [1.82, 2.24) is 4.98 Å². The molecule has 3 aromatic rings. The van der Waals surface area contributed by atoms with Gasteiger partial charge in [-0.1, -0.05) is 12.1 Å². The number of rotatable bonds is 7. The number of hydrogen-bond acceptors (Lipinski definition) is 4. The topological polar surface area (TPSA) is 68.7 Å². The third-order valence-electron chi connectivity index (χ3n) is 4.31. The van der Waals surface area contributed by atoms with Gasteiger partial charge in [-0.3, -0.25) is 4.98 Å². The summed E-state index contributed by atoms with van der Waals surface area (Å²) < 4.78 is 24.4. The summed E-state index contributed by atoms with van der Waals surface area (Å²) in [6, 6.07) is 14.5. The van der Waals surface area contributed by atoms with E-state index in [1.807, 2.05) is 19.9 Å². The lowest BCUT2D eigenvalue weighted by atomic mass is 10.0. The van der Waals surface area contributed by atoms with Crippen molar-refractivity contribution in [3.8, 4) is 22.8 Å². The molecule has 0 saturated carbocycles. The Bertz CT molecular complexity index is 1020. The first-order chi connectivity index (χ1) is 13.9. The SMILES string of the molecule is COc1ccc(OC(C)C)c(-c2ccc(C(=O)O)c(Cc3ccc(F)cc3)n2)c1. The smallest absolute Gasteiger partial charge is 0.337 e. The molecule has 0 aliphatic carbocycles. The van der Waals surface area contributed by atoms with Crippen molar-refractivity contribution in [2.75, 3.05) is 7.11 Å². The zero-order valence-electron chi connectivity index (χ0n) is 16.5. The number of carbonyl (C=O) groups is 1. The lowest BCUT2D eigenvalue weighted by molar-refractivity contribution is 0.0695. The van der Waals surface area contributed by atoms with Crippen molar-refractivity contribution < 1.29 is 23.8 Å². The van der Waals surface area contributed by atoms with Crippen LogP contribution in [0.2, 0.25) is 0 Å². The summed E-state index contributed by atoms with van der Waals surface area (Å²) in [5.74, 6) is -0.143. The minimum absolute atomic E-state index is 0.0425. The summed E-state index contributed by atoms with van der Waals surface area (Å²) in [7, 11) is 1.57. The van der Waals surface area contributed by atoms with Crippen LogP contribution in [-0.4, -0.2) is 29.3 Å². The number of benzene rings is 2. The summed E-state index contributed by atoms with van der Waals surface area (Å²) in [5, 5.41) is 9.56. The molecule has 0 bridgehead atoms. The Balaban J connectivity index is 2.09. The van der Waals surface area contributed by atoms with E-state index in [-0.39, 0.29) is 23.9 Å². The highest BCUT2D eigenvalue weighted by Crippen LogP contribution is 2.34. The molecule has 3 rings (SSSR count). The van der Waals surface area contributed by atoms with E-state index in [0.717, 1.165) is 5.56 Å². The van der Waals surface area contributed by atoms with Crippen LogP contribution < -0.4 is 9.47 Å². The molecule has 0 fully saturated rings. The minimum atomic E-state index is -1.06. The predicted molar refractivity (Wildman–Crippen MR) is 108 cm³/mol. The first-order valence-corrected chi connectivity index (χ1v) is 9.20. The van der Waals surface area contributed by atoms with Crippen molar-refractivity contribution in [2.45, 2.75) is 26.4 Å². The summed E-state index contributed by atoms with van der Waals surface area (Å²) in [6.07, 6.45) is 0.222. The van der Waals surface area contributed by atoms with Crippen molar-refractivity contribution >= 4 is 5.97 Å². The first kappa shape index (κ1) is 20.3. The Labute approximate surface area is 168 Å². The number of ether oxygens (including phenoxy) is 2. The summed E-state index contributed by atoms with van der Waals surface area (Å²) >= 11 is 0. The molecule has 0 amide bonds. The van der Waals surface area contributed by atoms with Gasteiger partial charge in [-0.25, -0.2) is 9.18 Å². The van der Waals surface area contributed by atoms with Gasteiger partial charge >= 0.3 is 5.97 Å². The Morgan fingerprint density at radius 1 is 1.10 bits per heavy atom. The molecule has 1 aromatic heterocycles. The normalized spacial score (nSPS) is 10.8. The highest BCUT2D eigenvalue weighted by molar-refractivity contribution is 5.89. The van der Waals surface area contributed by atoms with E-state index in [9.17, 15) is 14.3 Å². The molecule has 0 saturated heterocycles. The molecule has 0 spiro atoms. The largest absolute Gasteiger partial charge is 0.497 e. The van der Waals surface area contributed by atoms with E-state index in [1.54, 1.807) is 37.4 Å². The zero-order chi connectivity index (χ0) is 21.0. The molecule has 0 radical (unpaired) electrons. The number of halogens is 1. The van der Waals surface area contributed by atoms with Gasteiger partial charge in [-0.15, -0.1) is 0 Å². The molecule has 29 heavy (non-hydrogen) atoms. The summed E-state index contributed by atoms with van der Waals surface area (Å²) in [4.78, 5) is 16.3. The maximum Gasteiger partial charge on any atom is 0.337 e. The molecule has 1 heterocycles. The predicted octanol–water partition coefficient (Wildman–Crippen LogP) is 4.97. The van der Waals surface area contributed by atoms with E-state index in [1.165, 1.54) is 18.2 Å². The van der Waals surface area contributed by atoms with Gasteiger partial charge in [0.25, 0.3) is 0 Å². The van der Waals surface area contributed by atoms with E-state index in [2.05, 4.69) is 4.98 Å². The molecule has 0 aliphatic heterocycles. The highest BCUT2D eigenvalue weighted by atomic mass is 19.1. The van der Waals surface area contributed by atoms with Crippen molar-refractivity contribution in [3.05, 3.63) is 77.2 Å². The van der Waals surface area contributed by atoms with Crippen LogP contribution in [0, 0.1) is 5.82 Å². The van der Waals surface area contributed by atoms with Gasteiger partial charge in [0.05, 0.1) is 30.2 Å². The Kier molecular flexibility index (Phi) is 6.12. The molecule has 150 valence electrons. The van der Waals surface area contributed by atoms with Gasteiger partial charge in [-0.2, -0.15) is 0 Å². The standard InChI is InChI=1S/C23H22FNO4/c1-14(2)29-22-11-8-17(28-3)13-19(22)20-10-9-18(23(26)27)21(25-20)12-15-4-6-16(24)7-5-15/h4-11,13-14H,12H2,1-3H3,(H,26,27).